The zero-order valence-corrected chi connectivity index (χ0v) is 12.8. The first-order valence-corrected chi connectivity index (χ1v) is 7.76. The Bertz CT molecular complexity index is 320. The minimum Gasteiger partial charge on any atom is -0.342 e. The highest BCUT2D eigenvalue weighted by Crippen LogP contribution is 2.16. The number of nitrogens with zero attached hydrogens (tertiary/aromatic N) is 4. The lowest BCUT2D eigenvalue weighted by Gasteiger charge is -2.16. The van der Waals surface area contributed by atoms with Crippen molar-refractivity contribution >= 4 is 17.7 Å². The highest BCUT2D eigenvalue weighted by Gasteiger charge is 2.09. The summed E-state index contributed by atoms with van der Waals surface area (Å²) in [6, 6.07) is 0. The van der Waals surface area contributed by atoms with E-state index in [1.165, 1.54) is 0 Å². The first-order chi connectivity index (χ1) is 8.74. The van der Waals surface area contributed by atoms with E-state index < -0.39 is 0 Å². The molecular formula is C12H25N5S. The van der Waals surface area contributed by atoms with Gasteiger partial charge in [0.05, 0.1) is 0 Å². The van der Waals surface area contributed by atoms with Crippen LogP contribution in [0.15, 0.2) is 5.16 Å². The number of thioether (sulfide) groups is 1. The van der Waals surface area contributed by atoms with Gasteiger partial charge in [-0.2, -0.15) is 4.98 Å². The maximum absolute atomic E-state index is 4.50. The van der Waals surface area contributed by atoms with E-state index in [2.05, 4.69) is 52.7 Å². The van der Waals surface area contributed by atoms with E-state index in [4.69, 9.17) is 0 Å². The lowest BCUT2D eigenvalue weighted by atomic mass is 10.5. The normalized spacial score (nSPS) is 11.2. The molecule has 6 heteroatoms. The van der Waals surface area contributed by atoms with Crippen LogP contribution < -0.4 is 4.90 Å². The van der Waals surface area contributed by atoms with Gasteiger partial charge in [-0.15, -0.1) is 5.10 Å². The molecule has 0 fully saturated rings. The van der Waals surface area contributed by atoms with Crippen LogP contribution in [-0.2, 0) is 0 Å². The Morgan fingerprint density at radius 2 is 1.72 bits per heavy atom. The smallest absolute Gasteiger partial charge is 0.222 e. The molecule has 18 heavy (non-hydrogen) atoms. The number of nitrogens with one attached hydrogen (secondary N) is 1. The van der Waals surface area contributed by atoms with Crippen LogP contribution in [0.25, 0.3) is 0 Å². The van der Waals surface area contributed by atoms with Crippen molar-refractivity contribution in [2.45, 2.75) is 32.9 Å². The summed E-state index contributed by atoms with van der Waals surface area (Å²) in [5.41, 5.74) is 0. The minimum absolute atomic E-state index is 0.851. The van der Waals surface area contributed by atoms with Crippen molar-refractivity contribution < 1.29 is 0 Å². The van der Waals surface area contributed by atoms with Crippen LogP contribution in [0.4, 0.5) is 5.95 Å². The molecule has 0 aliphatic heterocycles. The third-order valence-corrected chi connectivity index (χ3v) is 3.88. The molecule has 0 aliphatic carbocycles. The molecule has 5 nitrogen and oxygen atoms in total. The minimum atomic E-state index is 0.851. The summed E-state index contributed by atoms with van der Waals surface area (Å²) in [5.74, 6) is 1.92. The van der Waals surface area contributed by atoms with Crippen LogP contribution in [-0.4, -0.2) is 58.6 Å². The SMILES string of the molecule is CCN(CC)CCSc1n[nH]c(N(CC)CC)n1. The summed E-state index contributed by atoms with van der Waals surface area (Å²) in [6.45, 7) is 13.8. The zero-order valence-electron chi connectivity index (χ0n) is 11.9. The molecule has 1 N–H and O–H groups in total. The van der Waals surface area contributed by atoms with Gasteiger partial charge in [-0.3, -0.25) is 0 Å². The maximum atomic E-state index is 4.50. The van der Waals surface area contributed by atoms with Crippen LogP contribution in [0.5, 0.6) is 0 Å². The molecule has 0 unspecified atom stereocenters. The Morgan fingerprint density at radius 1 is 1.06 bits per heavy atom. The molecule has 1 aromatic heterocycles. The number of H-pyrrole nitrogens is 1. The molecular weight excluding hydrogens is 246 g/mol. The number of hydrogen-bond donors (Lipinski definition) is 1. The topological polar surface area (TPSA) is 48.1 Å². The van der Waals surface area contributed by atoms with Crippen molar-refractivity contribution in [3.05, 3.63) is 0 Å². The number of anilines is 1. The molecule has 0 spiro atoms. The second kappa shape index (κ2) is 8.37. The first-order valence-electron chi connectivity index (χ1n) is 6.77. The predicted molar refractivity (Wildman–Crippen MR) is 78.5 cm³/mol. The van der Waals surface area contributed by atoms with E-state index in [9.17, 15) is 0 Å². The van der Waals surface area contributed by atoms with Gasteiger partial charge in [-0.05, 0) is 26.9 Å². The van der Waals surface area contributed by atoms with E-state index in [-0.39, 0.29) is 0 Å². The number of hydrogen-bond acceptors (Lipinski definition) is 5. The number of rotatable bonds is 9. The summed E-state index contributed by atoms with van der Waals surface area (Å²) in [7, 11) is 0. The maximum Gasteiger partial charge on any atom is 0.222 e. The number of aromatic amines is 1. The largest absolute Gasteiger partial charge is 0.342 e. The molecule has 1 rings (SSSR count). The Labute approximate surface area is 114 Å². The zero-order chi connectivity index (χ0) is 13.4. The Morgan fingerprint density at radius 3 is 2.28 bits per heavy atom. The first kappa shape index (κ1) is 15.3. The summed E-state index contributed by atoms with van der Waals surface area (Å²) in [4.78, 5) is 9.08. The summed E-state index contributed by atoms with van der Waals surface area (Å²) in [5, 5.41) is 8.10. The summed E-state index contributed by atoms with van der Waals surface area (Å²) in [6.07, 6.45) is 0. The van der Waals surface area contributed by atoms with E-state index in [1.54, 1.807) is 11.8 Å². The monoisotopic (exact) mass is 271 g/mol. The van der Waals surface area contributed by atoms with Crippen molar-refractivity contribution in [2.75, 3.05) is 43.4 Å². The van der Waals surface area contributed by atoms with Gasteiger partial charge >= 0.3 is 0 Å². The fraction of sp³-hybridized carbons (Fsp3) is 0.833. The molecule has 0 aliphatic rings. The van der Waals surface area contributed by atoms with E-state index in [0.29, 0.717) is 0 Å². The van der Waals surface area contributed by atoms with Crippen molar-refractivity contribution in [2.24, 2.45) is 0 Å². The fourth-order valence-corrected chi connectivity index (χ4v) is 2.57. The van der Waals surface area contributed by atoms with Crippen molar-refractivity contribution in [3.8, 4) is 0 Å². The molecule has 0 atom stereocenters. The third-order valence-electron chi connectivity index (χ3n) is 3.05. The molecule has 0 saturated heterocycles. The van der Waals surface area contributed by atoms with Crippen molar-refractivity contribution in [1.82, 2.24) is 20.1 Å². The molecule has 1 aromatic rings. The lowest BCUT2D eigenvalue weighted by Crippen LogP contribution is -2.25. The van der Waals surface area contributed by atoms with Gasteiger partial charge in [0.2, 0.25) is 11.1 Å². The second-order valence-corrected chi connectivity index (χ2v) is 5.05. The average molecular weight is 271 g/mol. The molecule has 0 bridgehead atoms. The van der Waals surface area contributed by atoms with Crippen LogP contribution in [0.1, 0.15) is 27.7 Å². The Kier molecular flexibility index (Phi) is 7.12. The van der Waals surface area contributed by atoms with Gasteiger partial charge in [0, 0.05) is 25.4 Å². The van der Waals surface area contributed by atoms with Crippen molar-refractivity contribution in [3.63, 3.8) is 0 Å². The third kappa shape index (κ3) is 4.49. The van der Waals surface area contributed by atoms with Gasteiger partial charge in [0.15, 0.2) is 0 Å². The van der Waals surface area contributed by atoms with E-state index in [1.807, 2.05) is 0 Å². The van der Waals surface area contributed by atoms with Crippen LogP contribution >= 0.6 is 11.8 Å². The van der Waals surface area contributed by atoms with Gasteiger partial charge in [-0.25, -0.2) is 5.10 Å². The Hall–Kier alpha value is -0.750. The summed E-state index contributed by atoms with van der Waals surface area (Å²) >= 11 is 1.72. The van der Waals surface area contributed by atoms with Crippen molar-refractivity contribution in [1.29, 1.82) is 0 Å². The van der Waals surface area contributed by atoms with Crippen LogP contribution in [0.2, 0.25) is 0 Å². The fourth-order valence-electron chi connectivity index (χ4n) is 1.77. The summed E-state index contributed by atoms with van der Waals surface area (Å²) < 4.78 is 0. The second-order valence-electron chi connectivity index (χ2n) is 3.99. The molecule has 0 aromatic carbocycles. The standard InChI is InChI=1S/C12H25N5S/c1-5-16(6-2)9-10-18-12-13-11(14-15-12)17(7-3)8-4/h5-10H2,1-4H3,(H,13,14,15). The van der Waals surface area contributed by atoms with Gasteiger partial charge in [0.1, 0.15) is 0 Å². The van der Waals surface area contributed by atoms with E-state index >= 15 is 0 Å². The molecule has 104 valence electrons. The van der Waals surface area contributed by atoms with Crippen LogP contribution in [0.3, 0.4) is 0 Å². The molecule has 0 saturated carbocycles. The van der Waals surface area contributed by atoms with E-state index in [0.717, 1.165) is 49.6 Å². The molecule has 0 radical (unpaired) electrons. The molecule has 0 amide bonds. The highest BCUT2D eigenvalue weighted by atomic mass is 32.2. The highest BCUT2D eigenvalue weighted by molar-refractivity contribution is 7.99. The quantitative estimate of drug-likeness (QED) is 0.697. The average Bonchev–Trinajstić information content (AvgIpc) is 2.85. The van der Waals surface area contributed by atoms with Gasteiger partial charge in [-0.1, -0.05) is 25.6 Å². The Balaban J connectivity index is 2.39. The van der Waals surface area contributed by atoms with Gasteiger partial charge in [0.25, 0.3) is 0 Å². The number of aromatic nitrogens is 3. The predicted octanol–water partition coefficient (Wildman–Crippen LogP) is 2.08. The lowest BCUT2D eigenvalue weighted by molar-refractivity contribution is 0.324. The molecule has 1 heterocycles. The van der Waals surface area contributed by atoms with Gasteiger partial charge < -0.3 is 9.80 Å². The van der Waals surface area contributed by atoms with Crippen LogP contribution in [0, 0.1) is 0 Å².